The summed E-state index contributed by atoms with van der Waals surface area (Å²) in [6.07, 6.45) is 0. The second-order valence-corrected chi connectivity index (χ2v) is 5.83. The Morgan fingerprint density at radius 1 is 1.32 bits per heavy atom. The van der Waals surface area contributed by atoms with Gasteiger partial charge in [0.15, 0.2) is 5.78 Å². The molecule has 100 valence electrons. The summed E-state index contributed by atoms with van der Waals surface area (Å²) >= 11 is 15.1. The topological polar surface area (TPSA) is 22.0 Å². The van der Waals surface area contributed by atoms with Gasteiger partial charge in [-0.2, -0.15) is 0 Å². The Bertz CT molecular complexity index is 649. The van der Waals surface area contributed by atoms with Crippen molar-refractivity contribution in [2.45, 2.75) is 13.8 Å². The molecule has 2 rings (SSSR count). The Kier molecular flexibility index (Phi) is 4.39. The molecule has 1 aromatic carbocycles. The monoisotopic (exact) mass is 359 g/mol. The molecule has 0 radical (unpaired) electrons. The second kappa shape index (κ2) is 5.70. The normalized spacial score (nSPS) is 10.8. The van der Waals surface area contributed by atoms with Gasteiger partial charge >= 0.3 is 0 Å². The van der Waals surface area contributed by atoms with Gasteiger partial charge < -0.3 is 4.57 Å². The first kappa shape index (κ1) is 14.6. The number of carbonyl (C=O) groups excluding carboxylic acids is 1. The van der Waals surface area contributed by atoms with Gasteiger partial charge in [-0.25, -0.2) is 0 Å². The number of ketones is 1. The van der Waals surface area contributed by atoms with Crippen molar-refractivity contribution in [3.05, 3.63) is 50.7 Å². The number of aryl methyl sites for hydroxylation is 1. The van der Waals surface area contributed by atoms with Crippen LogP contribution in [0.2, 0.25) is 5.02 Å². The number of halogens is 3. The first-order chi connectivity index (χ1) is 8.95. The van der Waals surface area contributed by atoms with Crippen LogP contribution in [0.25, 0.3) is 5.69 Å². The summed E-state index contributed by atoms with van der Waals surface area (Å²) in [5.41, 5.74) is 3.47. The molecule has 0 saturated heterocycles. The molecular formula is C14H12BrCl2NO. The van der Waals surface area contributed by atoms with Crippen LogP contribution >= 0.6 is 39.1 Å². The van der Waals surface area contributed by atoms with Crippen molar-refractivity contribution < 1.29 is 4.79 Å². The largest absolute Gasteiger partial charge is 0.317 e. The van der Waals surface area contributed by atoms with Crippen LogP contribution < -0.4 is 0 Å². The first-order valence-electron chi connectivity index (χ1n) is 5.69. The van der Waals surface area contributed by atoms with Crippen molar-refractivity contribution in [3.8, 4) is 5.69 Å². The molecule has 19 heavy (non-hydrogen) atoms. The maximum absolute atomic E-state index is 11.8. The molecule has 0 aliphatic heterocycles. The minimum Gasteiger partial charge on any atom is -0.317 e. The van der Waals surface area contributed by atoms with Crippen molar-refractivity contribution in [2.75, 3.05) is 5.88 Å². The van der Waals surface area contributed by atoms with E-state index < -0.39 is 0 Å². The summed E-state index contributed by atoms with van der Waals surface area (Å²) in [6.45, 7) is 3.87. The first-order valence-corrected chi connectivity index (χ1v) is 7.39. The third-order valence-corrected chi connectivity index (χ3v) is 4.12. The molecule has 0 saturated carbocycles. The van der Waals surface area contributed by atoms with Gasteiger partial charge in [-0.05, 0) is 54.0 Å². The van der Waals surface area contributed by atoms with Crippen molar-refractivity contribution in [1.29, 1.82) is 0 Å². The maximum Gasteiger partial charge on any atom is 0.179 e. The van der Waals surface area contributed by atoms with E-state index in [0.717, 1.165) is 21.5 Å². The van der Waals surface area contributed by atoms with Gasteiger partial charge in [-0.1, -0.05) is 11.6 Å². The molecule has 0 amide bonds. The van der Waals surface area contributed by atoms with Crippen molar-refractivity contribution in [2.24, 2.45) is 0 Å². The number of hydrogen-bond acceptors (Lipinski definition) is 1. The van der Waals surface area contributed by atoms with E-state index in [4.69, 9.17) is 23.2 Å². The number of rotatable bonds is 3. The van der Waals surface area contributed by atoms with Crippen LogP contribution in [-0.2, 0) is 0 Å². The Hall–Kier alpha value is -0.770. The van der Waals surface area contributed by atoms with Gasteiger partial charge in [0.2, 0.25) is 0 Å². The molecule has 0 fully saturated rings. The maximum atomic E-state index is 11.8. The van der Waals surface area contributed by atoms with Crippen molar-refractivity contribution >= 4 is 44.9 Å². The number of alkyl halides is 1. The van der Waals surface area contributed by atoms with Gasteiger partial charge in [0.25, 0.3) is 0 Å². The number of hydrogen-bond donors (Lipinski definition) is 0. The summed E-state index contributed by atoms with van der Waals surface area (Å²) in [5, 5.41) is 0.662. The lowest BCUT2D eigenvalue weighted by atomic mass is 10.2. The number of nitrogens with zero attached hydrogens (tertiary/aromatic N) is 1. The number of aromatic nitrogens is 1. The summed E-state index contributed by atoms with van der Waals surface area (Å²) < 4.78 is 2.90. The third kappa shape index (κ3) is 2.73. The highest BCUT2D eigenvalue weighted by Crippen LogP contribution is 2.29. The number of Topliss-reactive ketones (excluding diaryl/α,β-unsaturated/α-hetero) is 1. The van der Waals surface area contributed by atoms with Gasteiger partial charge in [0, 0.05) is 26.4 Å². The van der Waals surface area contributed by atoms with E-state index in [0.29, 0.717) is 10.6 Å². The van der Waals surface area contributed by atoms with E-state index in [1.54, 1.807) is 0 Å². The Labute approximate surface area is 130 Å². The minimum atomic E-state index is -0.0638. The van der Waals surface area contributed by atoms with E-state index in [2.05, 4.69) is 15.9 Å². The lowest BCUT2D eigenvalue weighted by Gasteiger charge is -2.12. The predicted molar refractivity (Wildman–Crippen MR) is 83.0 cm³/mol. The molecule has 2 nitrogen and oxygen atoms in total. The lowest BCUT2D eigenvalue weighted by molar-refractivity contribution is 0.102. The minimum absolute atomic E-state index is 0.00786. The highest BCUT2D eigenvalue weighted by Gasteiger charge is 2.17. The van der Waals surface area contributed by atoms with Gasteiger partial charge in [0.1, 0.15) is 0 Å². The van der Waals surface area contributed by atoms with E-state index in [1.165, 1.54) is 0 Å². The predicted octanol–water partition coefficient (Wildman–Crippen LogP) is 4.93. The molecule has 0 atom stereocenters. The molecular weight excluding hydrogens is 349 g/mol. The second-order valence-electron chi connectivity index (χ2n) is 4.27. The van der Waals surface area contributed by atoms with Crippen molar-refractivity contribution in [1.82, 2.24) is 4.57 Å². The Morgan fingerprint density at radius 3 is 2.58 bits per heavy atom. The van der Waals surface area contributed by atoms with Crippen LogP contribution in [0.15, 0.2) is 28.7 Å². The molecule has 2 aromatic rings. The molecule has 1 aromatic heterocycles. The number of carbonyl (C=O) groups is 1. The standard InChI is InChI=1S/C14H12BrCl2NO/c1-8-5-11(14(19)7-16)9(2)18(8)13-4-3-10(17)6-12(13)15/h3-6H,7H2,1-2H3. The van der Waals surface area contributed by atoms with Gasteiger partial charge in [0.05, 0.1) is 11.6 Å². The zero-order chi connectivity index (χ0) is 14.2. The fraction of sp³-hybridized carbons (Fsp3) is 0.214. The SMILES string of the molecule is Cc1cc(C(=O)CCl)c(C)n1-c1ccc(Cl)cc1Br. The molecule has 0 aliphatic carbocycles. The van der Waals surface area contributed by atoms with E-state index in [1.807, 2.05) is 42.7 Å². The van der Waals surface area contributed by atoms with Crippen LogP contribution in [0.4, 0.5) is 0 Å². The van der Waals surface area contributed by atoms with Crippen LogP contribution in [0.5, 0.6) is 0 Å². The summed E-state index contributed by atoms with van der Waals surface area (Å²) in [7, 11) is 0. The van der Waals surface area contributed by atoms with Gasteiger partial charge in [-0.15, -0.1) is 11.6 Å². The van der Waals surface area contributed by atoms with Crippen molar-refractivity contribution in [3.63, 3.8) is 0 Å². The zero-order valence-electron chi connectivity index (χ0n) is 10.5. The molecule has 1 heterocycles. The average Bonchev–Trinajstić information content (AvgIpc) is 2.65. The summed E-state index contributed by atoms with van der Waals surface area (Å²) in [6, 6.07) is 7.44. The van der Waals surface area contributed by atoms with Crippen LogP contribution in [-0.4, -0.2) is 16.2 Å². The molecule has 5 heteroatoms. The van der Waals surface area contributed by atoms with Crippen LogP contribution in [0.1, 0.15) is 21.7 Å². The quantitative estimate of drug-likeness (QED) is 0.561. The lowest BCUT2D eigenvalue weighted by Crippen LogP contribution is -2.04. The fourth-order valence-corrected chi connectivity index (χ4v) is 3.15. The molecule has 0 N–H and O–H groups in total. The Balaban J connectivity index is 2.63. The summed E-state index contributed by atoms with van der Waals surface area (Å²) in [5.74, 6) is -0.0717. The Morgan fingerprint density at radius 2 is 2.00 bits per heavy atom. The molecule has 0 unspecified atom stereocenters. The average molecular weight is 361 g/mol. The zero-order valence-corrected chi connectivity index (χ0v) is 13.6. The van der Waals surface area contributed by atoms with E-state index in [-0.39, 0.29) is 11.7 Å². The number of benzene rings is 1. The highest BCUT2D eigenvalue weighted by molar-refractivity contribution is 9.10. The van der Waals surface area contributed by atoms with Crippen LogP contribution in [0.3, 0.4) is 0 Å². The molecule has 0 bridgehead atoms. The fourth-order valence-electron chi connectivity index (χ4n) is 2.15. The van der Waals surface area contributed by atoms with Gasteiger partial charge in [-0.3, -0.25) is 4.79 Å². The molecule has 0 spiro atoms. The molecule has 0 aliphatic rings. The van der Waals surface area contributed by atoms with Crippen LogP contribution in [0, 0.1) is 13.8 Å². The highest BCUT2D eigenvalue weighted by atomic mass is 79.9. The van der Waals surface area contributed by atoms with E-state index >= 15 is 0 Å². The summed E-state index contributed by atoms with van der Waals surface area (Å²) in [4.78, 5) is 11.8. The third-order valence-electron chi connectivity index (χ3n) is 3.00. The van der Waals surface area contributed by atoms with E-state index in [9.17, 15) is 4.79 Å². The smallest absolute Gasteiger partial charge is 0.179 e.